The largest absolute Gasteiger partial charge is 0.411 e. The molecule has 0 aliphatic carbocycles. The average molecular weight is 237 g/mol. The van der Waals surface area contributed by atoms with Crippen molar-refractivity contribution in [3.63, 3.8) is 0 Å². The monoisotopic (exact) mass is 236 g/mol. The molecule has 0 spiro atoms. The van der Waals surface area contributed by atoms with Crippen LogP contribution in [0, 0.1) is 0 Å². The van der Waals surface area contributed by atoms with Crippen molar-refractivity contribution >= 4 is 18.3 Å². The molecule has 0 aromatic carbocycles. The second-order valence-corrected chi connectivity index (χ2v) is 2.25. The van der Waals surface area contributed by atoms with Gasteiger partial charge in [-0.05, 0) is 0 Å². The topological polar surface area (TPSA) is 64.3 Å². The molecule has 0 atom stereocenters. The van der Waals surface area contributed by atoms with E-state index in [1.54, 1.807) is 0 Å². The lowest BCUT2D eigenvalue weighted by Gasteiger charge is -2.07. The van der Waals surface area contributed by atoms with Crippen LogP contribution in [-0.2, 0) is 9.53 Å². The lowest BCUT2D eigenvalue weighted by Crippen LogP contribution is -2.33. The van der Waals surface area contributed by atoms with Crippen LogP contribution >= 0.6 is 12.4 Å². The van der Waals surface area contributed by atoms with Gasteiger partial charge in [0.25, 0.3) is 0 Å². The van der Waals surface area contributed by atoms with E-state index in [1.807, 2.05) is 0 Å². The van der Waals surface area contributed by atoms with Crippen LogP contribution in [0.1, 0.15) is 0 Å². The van der Waals surface area contributed by atoms with Gasteiger partial charge in [-0.1, -0.05) is 0 Å². The van der Waals surface area contributed by atoms with Gasteiger partial charge in [-0.3, -0.25) is 4.79 Å². The first kappa shape index (κ1) is 15.9. The third kappa shape index (κ3) is 11.5. The number of halogens is 4. The Morgan fingerprint density at radius 3 is 2.43 bits per heavy atom. The molecule has 0 aliphatic heterocycles. The number of rotatable bonds is 5. The number of hydrogen-bond donors (Lipinski definition) is 2. The Hall–Kier alpha value is -0.530. The van der Waals surface area contributed by atoms with E-state index in [-0.39, 0.29) is 25.5 Å². The molecule has 0 aliphatic rings. The van der Waals surface area contributed by atoms with Crippen molar-refractivity contribution in [2.24, 2.45) is 5.73 Å². The maximum Gasteiger partial charge on any atom is 0.411 e. The van der Waals surface area contributed by atoms with Crippen molar-refractivity contribution in [2.75, 3.05) is 26.3 Å². The number of nitrogens with one attached hydrogen (secondary N) is 1. The third-order valence-electron chi connectivity index (χ3n) is 0.965. The Morgan fingerprint density at radius 2 is 2.00 bits per heavy atom. The second kappa shape index (κ2) is 7.84. The molecule has 0 aromatic rings. The molecule has 3 N–H and O–H groups in total. The van der Waals surface area contributed by atoms with E-state index >= 15 is 0 Å². The predicted octanol–water partition coefficient (Wildman–Crippen LogP) is 0.0620. The number of ether oxygens (including phenoxy) is 1. The maximum atomic E-state index is 11.5. The first-order valence-electron chi connectivity index (χ1n) is 3.57. The van der Waals surface area contributed by atoms with Crippen LogP contribution in [-0.4, -0.2) is 38.4 Å². The van der Waals surface area contributed by atoms with Gasteiger partial charge in [0.05, 0.1) is 0 Å². The number of amides is 1. The van der Waals surface area contributed by atoms with E-state index < -0.39 is 25.3 Å². The van der Waals surface area contributed by atoms with Gasteiger partial charge in [0.15, 0.2) is 0 Å². The van der Waals surface area contributed by atoms with Crippen LogP contribution < -0.4 is 11.1 Å². The molecule has 0 saturated heterocycles. The highest BCUT2D eigenvalue weighted by Crippen LogP contribution is 2.13. The number of carbonyl (C=O) groups is 1. The molecule has 0 radical (unpaired) electrons. The summed E-state index contributed by atoms with van der Waals surface area (Å²) in [6.07, 6.45) is -4.39. The molecule has 14 heavy (non-hydrogen) atoms. The van der Waals surface area contributed by atoms with E-state index in [0.717, 1.165) is 0 Å². The number of alkyl halides is 3. The Kier molecular flexibility index (Phi) is 8.91. The van der Waals surface area contributed by atoms with Crippen LogP contribution in [0.3, 0.4) is 0 Å². The normalized spacial score (nSPS) is 10.6. The Morgan fingerprint density at radius 1 is 1.43 bits per heavy atom. The highest BCUT2D eigenvalue weighted by atomic mass is 35.5. The van der Waals surface area contributed by atoms with E-state index in [1.165, 1.54) is 0 Å². The summed E-state index contributed by atoms with van der Waals surface area (Å²) in [6.45, 7) is -1.54. The molecule has 0 rings (SSSR count). The van der Waals surface area contributed by atoms with Gasteiger partial charge in [0.1, 0.15) is 13.2 Å². The van der Waals surface area contributed by atoms with E-state index in [9.17, 15) is 18.0 Å². The number of nitrogens with two attached hydrogens (primary N) is 1. The van der Waals surface area contributed by atoms with Crippen LogP contribution in [0.4, 0.5) is 13.2 Å². The first-order valence-corrected chi connectivity index (χ1v) is 3.57. The molecule has 0 fully saturated rings. The standard InChI is InChI=1S/C6H11F3N2O2.ClH/c7-6(8,9)4-13-3-5(12)11-2-1-10;/h1-4,10H2,(H,11,12);1H. The van der Waals surface area contributed by atoms with Gasteiger partial charge < -0.3 is 15.8 Å². The molecule has 0 saturated carbocycles. The zero-order chi connectivity index (χ0) is 10.3. The van der Waals surface area contributed by atoms with Crippen LogP contribution in [0.25, 0.3) is 0 Å². The summed E-state index contributed by atoms with van der Waals surface area (Å²) in [6, 6.07) is 0. The zero-order valence-electron chi connectivity index (χ0n) is 7.26. The minimum absolute atomic E-state index is 0. The van der Waals surface area contributed by atoms with Crippen LogP contribution in [0.15, 0.2) is 0 Å². The quantitative estimate of drug-likeness (QED) is 0.710. The maximum absolute atomic E-state index is 11.5. The second-order valence-electron chi connectivity index (χ2n) is 2.25. The summed E-state index contributed by atoms with van der Waals surface area (Å²) >= 11 is 0. The molecular formula is C6H12ClF3N2O2. The van der Waals surface area contributed by atoms with Crippen molar-refractivity contribution in [3.05, 3.63) is 0 Å². The molecule has 8 heteroatoms. The molecule has 0 aromatic heterocycles. The zero-order valence-corrected chi connectivity index (χ0v) is 8.08. The van der Waals surface area contributed by atoms with Crippen molar-refractivity contribution in [1.82, 2.24) is 5.32 Å². The van der Waals surface area contributed by atoms with Crippen molar-refractivity contribution in [1.29, 1.82) is 0 Å². The van der Waals surface area contributed by atoms with Crippen LogP contribution in [0.2, 0.25) is 0 Å². The lowest BCUT2D eigenvalue weighted by atomic mass is 10.5. The highest BCUT2D eigenvalue weighted by molar-refractivity contribution is 5.85. The Bertz CT molecular complexity index is 166. The fraction of sp³-hybridized carbons (Fsp3) is 0.833. The summed E-state index contributed by atoms with van der Waals surface area (Å²) in [5.41, 5.74) is 5.04. The van der Waals surface area contributed by atoms with Crippen molar-refractivity contribution in [2.45, 2.75) is 6.18 Å². The molecular weight excluding hydrogens is 225 g/mol. The van der Waals surface area contributed by atoms with Crippen molar-refractivity contribution < 1.29 is 22.7 Å². The van der Waals surface area contributed by atoms with E-state index in [2.05, 4.69) is 10.1 Å². The summed E-state index contributed by atoms with van der Waals surface area (Å²) in [5, 5.41) is 2.26. The Labute approximate surface area is 85.4 Å². The smallest absolute Gasteiger partial charge is 0.362 e. The van der Waals surface area contributed by atoms with Crippen LogP contribution in [0.5, 0.6) is 0 Å². The average Bonchev–Trinajstić information content (AvgIpc) is 1.98. The van der Waals surface area contributed by atoms with Gasteiger partial charge in [0.2, 0.25) is 5.91 Å². The summed E-state index contributed by atoms with van der Waals surface area (Å²) in [4.78, 5) is 10.6. The third-order valence-corrected chi connectivity index (χ3v) is 0.965. The van der Waals surface area contributed by atoms with E-state index in [4.69, 9.17) is 5.73 Å². The Balaban J connectivity index is 0. The highest BCUT2D eigenvalue weighted by Gasteiger charge is 2.27. The van der Waals surface area contributed by atoms with E-state index in [0.29, 0.717) is 0 Å². The first-order chi connectivity index (χ1) is 5.95. The van der Waals surface area contributed by atoms with Gasteiger partial charge >= 0.3 is 6.18 Å². The van der Waals surface area contributed by atoms with Gasteiger partial charge in [-0.2, -0.15) is 13.2 Å². The lowest BCUT2D eigenvalue weighted by molar-refractivity contribution is -0.175. The molecule has 86 valence electrons. The van der Waals surface area contributed by atoms with Gasteiger partial charge in [0, 0.05) is 13.1 Å². The predicted molar refractivity (Wildman–Crippen MR) is 46.2 cm³/mol. The minimum Gasteiger partial charge on any atom is -0.362 e. The number of carbonyl (C=O) groups excluding carboxylic acids is 1. The summed E-state index contributed by atoms with van der Waals surface area (Å²) in [5.74, 6) is -0.602. The minimum atomic E-state index is -4.39. The molecule has 1 amide bonds. The van der Waals surface area contributed by atoms with Gasteiger partial charge in [-0.25, -0.2) is 0 Å². The number of hydrogen-bond acceptors (Lipinski definition) is 3. The molecule has 4 nitrogen and oxygen atoms in total. The van der Waals surface area contributed by atoms with Crippen molar-refractivity contribution in [3.8, 4) is 0 Å². The SMILES string of the molecule is Cl.NCCNC(=O)COCC(F)(F)F. The summed E-state index contributed by atoms with van der Waals surface area (Å²) < 4.78 is 38.5. The fourth-order valence-corrected chi connectivity index (χ4v) is 0.522. The molecule has 0 heterocycles. The summed E-state index contributed by atoms with van der Waals surface area (Å²) in [7, 11) is 0. The fourth-order valence-electron chi connectivity index (χ4n) is 0.522. The molecule has 0 bridgehead atoms. The van der Waals surface area contributed by atoms with Gasteiger partial charge in [-0.15, -0.1) is 12.4 Å². The molecule has 0 unspecified atom stereocenters.